The molecular weight excluding hydrogens is 450 g/mol. The van der Waals surface area contributed by atoms with Gasteiger partial charge in [-0.1, -0.05) is 6.07 Å². The summed E-state index contributed by atoms with van der Waals surface area (Å²) in [4.78, 5) is 52.6. The molecule has 3 amide bonds. The molecule has 3 aliphatic rings. The van der Waals surface area contributed by atoms with Crippen LogP contribution >= 0.6 is 0 Å². The molecule has 3 heterocycles. The molecule has 4 rings (SSSR count). The Kier molecular flexibility index (Phi) is 6.57. The number of carbonyl (C=O) groups excluding carboxylic acids is 3. The second-order valence-corrected chi connectivity index (χ2v) is 9.10. The standard InChI is InChI=1S/C23H28F2N4O5/c1-2-29(22(33)34)23(12-26-11-15(23)14-3-4-16(24)17(25)9-14)20(31)13-5-7-28(8-6-13)21(32)18-10-19(30)27-18/h3-4,9,13,15,18,26H,2,5-8,10-12H2,1H3,(H,27,30)(H,33,34)/t15-,18-,23+/m0/s1. The van der Waals surface area contributed by atoms with Crippen molar-refractivity contribution in [2.75, 3.05) is 32.7 Å². The summed E-state index contributed by atoms with van der Waals surface area (Å²) in [5, 5.41) is 15.6. The number of hydrogen-bond acceptors (Lipinski definition) is 5. The average Bonchev–Trinajstić information content (AvgIpc) is 3.23. The number of β-lactam (4-membered cyclic amide) rings is 1. The van der Waals surface area contributed by atoms with Crippen molar-refractivity contribution in [1.82, 2.24) is 20.4 Å². The first-order chi connectivity index (χ1) is 16.2. The zero-order valence-electron chi connectivity index (χ0n) is 18.9. The van der Waals surface area contributed by atoms with Crippen LogP contribution < -0.4 is 10.6 Å². The maximum absolute atomic E-state index is 14.0. The summed E-state index contributed by atoms with van der Waals surface area (Å²) in [6.07, 6.45) is -0.393. The molecule has 0 bridgehead atoms. The zero-order chi connectivity index (χ0) is 24.6. The van der Waals surface area contributed by atoms with Crippen LogP contribution in [0.25, 0.3) is 0 Å². The molecule has 11 heteroatoms. The molecule has 184 valence electrons. The molecule has 3 fully saturated rings. The van der Waals surface area contributed by atoms with E-state index >= 15 is 0 Å². The Morgan fingerprint density at radius 2 is 1.88 bits per heavy atom. The highest BCUT2D eigenvalue weighted by molar-refractivity contribution is 5.98. The predicted octanol–water partition coefficient (Wildman–Crippen LogP) is 1.09. The van der Waals surface area contributed by atoms with Crippen molar-refractivity contribution in [3.8, 4) is 0 Å². The highest BCUT2D eigenvalue weighted by Crippen LogP contribution is 2.41. The fraction of sp³-hybridized carbons (Fsp3) is 0.565. The quantitative estimate of drug-likeness (QED) is 0.527. The number of carbonyl (C=O) groups is 4. The molecule has 0 spiro atoms. The van der Waals surface area contributed by atoms with Gasteiger partial charge >= 0.3 is 6.09 Å². The smallest absolute Gasteiger partial charge is 0.408 e. The molecule has 0 aliphatic carbocycles. The summed E-state index contributed by atoms with van der Waals surface area (Å²) in [6.45, 7) is 2.61. The molecule has 1 aromatic rings. The lowest BCUT2D eigenvalue weighted by Gasteiger charge is -2.45. The number of nitrogens with one attached hydrogen (secondary N) is 2. The first-order valence-electron chi connectivity index (χ1n) is 11.5. The molecule has 0 aromatic heterocycles. The van der Waals surface area contributed by atoms with E-state index in [1.807, 2.05) is 0 Å². The van der Waals surface area contributed by atoms with Gasteiger partial charge in [0.1, 0.15) is 11.6 Å². The van der Waals surface area contributed by atoms with Crippen molar-refractivity contribution in [3.05, 3.63) is 35.4 Å². The number of likely N-dealkylation sites (tertiary alicyclic amines) is 1. The van der Waals surface area contributed by atoms with Gasteiger partial charge < -0.3 is 20.6 Å². The van der Waals surface area contributed by atoms with E-state index < -0.39 is 41.1 Å². The minimum atomic E-state index is -1.48. The summed E-state index contributed by atoms with van der Waals surface area (Å²) < 4.78 is 27.6. The minimum Gasteiger partial charge on any atom is -0.465 e. The number of benzene rings is 1. The topological polar surface area (TPSA) is 119 Å². The number of hydrogen-bond donors (Lipinski definition) is 3. The predicted molar refractivity (Wildman–Crippen MR) is 116 cm³/mol. The average molecular weight is 478 g/mol. The van der Waals surface area contributed by atoms with Crippen LogP contribution in [0.5, 0.6) is 0 Å². The number of rotatable bonds is 6. The third-order valence-electron chi connectivity index (χ3n) is 7.32. The van der Waals surface area contributed by atoms with E-state index in [1.54, 1.807) is 11.8 Å². The van der Waals surface area contributed by atoms with Crippen LogP contribution in [0.3, 0.4) is 0 Å². The molecule has 0 unspecified atom stereocenters. The highest BCUT2D eigenvalue weighted by Gasteiger charge is 2.57. The maximum Gasteiger partial charge on any atom is 0.408 e. The van der Waals surface area contributed by atoms with Crippen LogP contribution in [-0.2, 0) is 14.4 Å². The lowest BCUT2D eigenvalue weighted by atomic mass is 9.71. The molecule has 3 N–H and O–H groups in total. The van der Waals surface area contributed by atoms with Gasteiger partial charge in [-0.25, -0.2) is 13.6 Å². The Bertz CT molecular complexity index is 1010. The fourth-order valence-electron chi connectivity index (χ4n) is 5.53. The van der Waals surface area contributed by atoms with Crippen molar-refractivity contribution in [2.24, 2.45) is 5.92 Å². The van der Waals surface area contributed by atoms with Crippen molar-refractivity contribution in [1.29, 1.82) is 0 Å². The van der Waals surface area contributed by atoms with Gasteiger partial charge in [-0.05, 0) is 37.5 Å². The third-order valence-corrected chi connectivity index (χ3v) is 7.32. The first kappa shape index (κ1) is 24.1. The van der Waals surface area contributed by atoms with E-state index in [0.717, 1.165) is 17.0 Å². The Hall–Kier alpha value is -3.08. The molecule has 34 heavy (non-hydrogen) atoms. The van der Waals surface area contributed by atoms with Crippen molar-refractivity contribution in [3.63, 3.8) is 0 Å². The maximum atomic E-state index is 14.0. The fourth-order valence-corrected chi connectivity index (χ4v) is 5.53. The summed E-state index contributed by atoms with van der Waals surface area (Å²) in [6, 6.07) is 2.88. The van der Waals surface area contributed by atoms with Gasteiger partial charge in [0.15, 0.2) is 17.4 Å². The number of ketones is 1. The third kappa shape index (κ3) is 4.02. The first-order valence-corrected chi connectivity index (χ1v) is 11.5. The van der Waals surface area contributed by atoms with E-state index in [-0.39, 0.29) is 43.7 Å². The summed E-state index contributed by atoms with van der Waals surface area (Å²) >= 11 is 0. The van der Waals surface area contributed by atoms with Gasteiger partial charge in [0.25, 0.3) is 0 Å². The molecule has 3 atom stereocenters. The number of nitrogens with zero attached hydrogens (tertiary/aromatic N) is 2. The van der Waals surface area contributed by atoms with Gasteiger partial charge in [0, 0.05) is 44.6 Å². The Labute approximate surface area is 195 Å². The number of carboxylic acid groups (broad SMARTS) is 1. The van der Waals surface area contributed by atoms with Crippen LogP contribution in [0.4, 0.5) is 13.6 Å². The van der Waals surface area contributed by atoms with Crippen LogP contribution in [0.2, 0.25) is 0 Å². The van der Waals surface area contributed by atoms with E-state index in [4.69, 9.17) is 0 Å². The summed E-state index contributed by atoms with van der Waals surface area (Å²) in [7, 11) is 0. The second kappa shape index (κ2) is 9.28. The Morgan fingerprint density at radius 1 is 1.21 bits per heavy atom. The molecule has 3 saturated heterocycles. The van der Waals surface area contributed by atoms with E-state index in [9.17, 15) is 33.1 Å². The van der Waals surface area contributed by atoms with Gasteiger partial charge in [-0.2, -0.15) is 0 Å². The molecule has 1 aromatic carbocycles. The van der Waals surface area contributed by atoms with Gasteiger partial charge in [0.2, 0.25) is 11.8 Å². The van der Waals surface area contributed by atoms with Crippen molar-refractivity contribution < 1.29 is 33.1 Å². The number of piperidine rings is 1. The van der Waals surface area contributed by atoms with E-state index in [0.29, 0.717) is 31.5 Å². The summed E-state index contributed by atoms with van der Waals surface area (Å²) in [5.41, 5.74) is -1.13. The number of likely N-dealkylation sites (N-methyl/N-ethyl adjacent to an activating group) is 1. The molecular formula is C23H28F2N4O5. The molecule has 0 radical (unpaired) electrons. The Morgan fingerprint density at radius 3 is 2.44 bits per heavy atom. The molecule has 0 saturated carbocycles. The normalized spacial score (nSPS) is 27.1. The largest absolute Gasteiger partial charge is 0.465 e. The number of halogens is 2. The highest BCUT2D eigenvalue weighted by atomic mass is 19.2. The van der Waals surface area contributed by atoms with Gasteiger partial charge in [-0.15, -0.1) is 0 Å². The zero-order valence-corrected chi connectivity index (χ0v) is 18.9. The van der Waals surface area contributed by atoms with E-state index in [1.165, 1.54) is 6.07 Å². The molecule has 9 nitrogen and oxygen atoms in total. The second-order valence-electron chi connectivity index (χ2n) is 9.10. The minimum absolute atomic E-state index is 0.0433. The van der Waals surface area contributed by atoms with Crippen molar-refractivity contribution in [2.45, 2.75) is 43.7 Å². The lowest BCUT2D eigenvalue weighted by molar-refractivity contribution is -0.146. The van der Waals surface area contributed by atoms with Crippen LogP contribution in [0.1, 0.15) is 37.7 Å². The lowest BCUT2D eigenvalue weighted by Crippen LogP contribution is -2.63. The monoisotopic (exact) mass is 478 g/mol. The Balaban J connectivity index is 1.59. The van der Waals surface area contributed by atoms with Gasteiger partial charge in [-0.3, -0.25) is 19.3 Å². The summed E-state index contributed by atoms with van der Waals surface area (Å²) in [5.74, 6) is -3.90. The van der Waals surface area contributed by atoms with Crippen LogP contribution in [0, 0.1) is 17.6 Å². The number of Topliss-reactive ketones (excluding diaryl/α,β-unsaturated/α-hetero) is 1. The molecule has 3 aliphatic heterocycles. The van der Waals surface area contributed by atoms with Crippen LogP contribution in [0.15, 0.2) is 18.2 Å². The van der Waals surface area contributed by atoms with Gasteiger partial charge in [0.05, 0.1) is 6.42 Å². The van der Waals surface area contributed by atoms with E-state index in [2.05, 4.69) is 10.6 Å². The SMILES string of the molecule is CCN(C(=O)O)[C@]1(C(=O)C2CCN(C(=O)[C@@H]3CC(=O)N3)CC2)CNC[C@H]1c1ccc(F)c(F)c1. The van der Waals surface area contributed by atoms with Crippen LogP contribution in [-0.4, -0.2) is 82.9 Å². The number of amides is 3. The van der Waals surface area contributed by atoms with Crippen molar-refractivity contribution >= 4 is 23.7 Å².